The molecule has 17 heavy (non-hydrogen) atoms. The van der Waals surface area contributed by atoms with Crippen LogP contribution in [0.1, 0.15) is 66.2 Å². The second-order valence-electron chi connectivity index (χ2n) is 5.15. The van der Waals surface area contributed by atoms with Crippen LogP contribution >= 0.6 is 0 Å². The molecule has 0 saturated heterocycles. The molecule has 0 spiro atoms. The van der Waals surface area contributed by atoms with Crippen LogP contribution in [0, 0.1) is 5.92 Å². The fourth-order valence-corrected chi connectivity index (χ4v) is 2.57. The smallest absolute Gasteiger partial charge is 0.105 e. The summed E-state index contributed by atoms with van der Waals surface area (Å²) in [7, 11) is 0. The third-order valence-electron chi connectivity index (χ3n) is 3.59. The molecule has 2 atom stereocenters. The molecule has 0 amide bonds. The van der Waals surface area contributed by atoms with Gasteiger partial charge in [0, 0.05) is 12.6 Å². The Labute approximate surface area is 108 Å². The Morgan fingerprint density at radius 3 is 2.00 bits per heavy atom. The van der Waals surface area contributed by atoms with Gasteiger partial charge in [0.15, 0.2) is 0 Å². The van der Waals surface area contributed by atoms with Crippen LogP contribution in [-0.4, -0.2) is 30.7 Å². The van der Waals surface area contributed by atoms with Gasteiger partial charge < -0.3 is 0 Å². The zero-order chi connectivity index (χ0) is 13.1. The van der Waals surface area contributed by atoms with Crippen LogP contribution in [0.4, 0.5) is 4.39 Å². The first-order chi connectivity index (χ1) is 8.23. The highest BCUT2D eigenvalue weighted by molar-refractivity contribution is 4.73. The molecule has 104 valence electrons. The largest absolute Gasteiger partial charge is 0.298 e. The summed E-state index contributed by atoms with van der Waals surface area (Å²) in [5.41, 5.74) is 0. The van der Waals surface area contributed by atoms with Crippen LogP contribution in [0.25, 0.3) is 0 Å². The summed E-state index contributed by atoms with van der Waals surface area (Å²) >= 11 is 0. The van der Waals surface area contributed by atoms with E-state index in [0.29, 0.717) is 0 Å². The highest BCUT2D eigenvalue weighted by Gasteiger charge is 2.19. The van der Waals surface area contributed by atoms with Crippen molar-refractivity contribution in [1.29, 1.82) is 0 Å². The first-order valence-electron chi connectivity index (χ1n) is 7.53. The average Bonchev–Trinajstić information content (AvgIpc) is 2.34. The van der Waals surface area contributed by atoms with Crippen LogP contribution < -0.4 is 0 Å². The van der Waals surface area contributed by atoms with E-state index < -0.39 is 0 Å². The van der Waals surface area contributed by atoms with Crippen molar-refractivity contribution in [2.24, 2.45) is 5.92 Å². The van der Waals surface area contributed by atoms with Crippen LogP contribution in [0.2, 0.25) is 0 Å². The Morgan fingerprint density at radius 2 is 1.59 bits per heavy atom. The van der Waals surface area contributed by atoms with Crippen LogP contribution in [0.5, 0.6) is 0 Å². The summed E-state index contributed by atoms with van der Waals surface area (Å²) in [6.07, 6.45) is 6.95. The SMILES string of the molecule is CCCC(CC)CN(CCC)[C@@H](CF)CCC. The lowest BCUT2D eigenvalue weighted by atomic mass is 9.98. The Hall–Kier alpha value is -0.110. The fraction of sp³-hybridized carbons (Fsp3) is 1.00. The van der Waals surface area contributed by atoms with E-state index in [9.17, 15) is 4.39 Å². The van der Waals surface area contributed by atoms with E-state index in [1.807, 2.05) is 0 Å². The normalized spacial score (nSPS) is 15.2. The Kier molecular flexibility index (Phi) is 10.9. The van der Waals surface area contributed by atoms with E-state index in [2.05, 4.69) is 32.6 Å². The minimum Gasteiger partial charge on any atom is -0.298 e. The minimum absolute atomic E-state index is 0.158. The molecule has 1 nitrogen and oxygen atoms in total. The van der Waals surface area contributed by atoms with E-state index in [1.54, 1.807) is 0 Å². The lowest BCUT2D eigenvalue weighted by molar-refractivity contribution is 0.129. The van der Waals surface area contributed by atoms with Crippen molar-refractivity contribution in [3.63, 3.8) is 0 Å². The van der Waals surface area contributed by atoms with Gasteiger partial charge in [-0.1, -0.05) is 47.0 Å². The second kappa shape index (κ2) is 11.0. The van der Waals surface area contributed by atoms with Crippen molar-refractivity contribution in [3.8, 4) is 0 Å². The molecule has 0 aliphatic heterocycles. The van der Waals surface area contributed by atoms with Gasteiger partial charge in [0.1, 0.15) is 6.67 Å². The van der Waals surface area contributed by atoms with Gasteiger partial charge in [0.05, 0.1) is 0 Å². The molecule has 0 heterocycles. The maximum Gasteiger partial charge on any atom is 0.105 e. The standard InChI is InChI=1S/C15H32FN/c1-5-9-14(8-4)13-17(11-7-3)15(12-16)10-6-2/h14-15H,5-13H2,1-4H3/t14?,15-/m1/s1. The lowest BCUT2D eigenvalue weighted by Crippen LogP contribution is -2.40. The minimum atomic E-state index is -0.184. The van der Waals surface area contributed by atoms with E-state index >= 15 is 0 Å². The molecule has 0 aromatic carbocycles. The van der Waals surface area contributed by atoms with Gasteiger partial charge in [-0.3, -0.25) is 4.90 Å². The average molecular weight is 245 g/mol. The van der Waals surface area contributed by atoms with Gasteiger partial charge in [-0.15, -0.1) is 0 Å². The molecule has 0 aromatic heterocycles. The van der Waals surface area contributed by atoms with E-state index in [-0.39, 0.29) is 12.7 Å². The van der Waals surface area contributed by atoms with Gasteiger partial charge >= 0.3 is 0 Å². The summed E-state index contributed by atoms with van der Waals surface area (Å²) < 4.78 is 13.1. The van der Waals surface area contributed by atoms with Crippen LogP contribution in [-0.2, 0) is 0 Å². The van der Waals surface area contributed by atoms with Gasteiger partial charge in [-0.05, 0) is 31.7 Å². The summed E-state index contributed by atoms with van der Waals surface area (Å²) in [6, 6.07) is 0.158. The van der Waals surface area contributed by atoms with Crippen molar-refractivity contribution >= 4 is 0 Å². The number of rotatable bonds is 11. The maximum atomic E-state index is 13.1. The molecule has 0 fully saturated rings. The summed E-state index contributed by atoms with van der Waals surface area (Å²) in [4.78, 5) is 2.40. The van der Waals surface area contributed by atoms with E-state index in [0.717, 1.165) is 38.3 Å². The Morgan fingerprint density at radius 1 is 0.941 bits per heavy atom. The predicted octanol–water partition coefficient (Wildman–Crippen LogP) is 4.66. The van der Waals surface area contributed by atoms with Gasteiger partial charge in [0.2, 0.25) is 0 Å². The first kappa shape index (κ1) is 16.9. The zero-order valence-corrected chi connectivity index (χ0v) is 12.3. The number of hydrogen-bond donors (Lipinski definition) is 0. The van der Waals surface area contributed by atoms with Crippen molar-refractivity contribution in [2.45, 2.75) is 72.3 Å². The molecule has 0 bridgehead atoms. The van der Waals surface area contributed by atoms with Crippen molar-refractivity contribution in [2.75, 3.05) is 19.8 Å². The van der Waals surface area contributed by atoms with Crippen LogP contribution in [0.15, 0.2) is 0 Å². The fourth-order valence-electron chi connectivity index (χ4n) is 2.57. The molecular formula is C15H32FN. The summed E-state index contributed by atoms with van der Waals surface area (Å²) in [5.74, 6) is 0.748. The van der Waals surface area contributed by atoms with Crippen molar-refractivity contribution in [3.05, 3.63) is 0 Å². The molecule has 2 heteroatoms. The number of nitrogens with zero attached hydrogens (tertiary/aromatic N) is 1. The Bertz CT molecular complexity index is 161. The zero-order valence-electron chi connectivity index (χ0n) is 12.3. The highest BCUT2D eigenvalue weighted by atomic mass is 19.1. The predicted molar refractivity (Wildman–Crippen MR) is 75.2 cm³/mol. The molecule has 0 saturated carbocycles. The topological polar surface area (TPSA) is 3.24 Å². The molecular weight excluding hydrogens is 213 g/mol. The summed E-state index contributed by atoms with van der Waals surface area (Å²) in [5, 5.41) is 0. The van der Waals surface area contributed by atoms with Gasteiger partial charge in [-0.2, -0.15) is 0 Å². The summed E-state index contributed by atoms with van der Waals surface area (Å²) in [6.45, 7) is 10.8. The molecule has 0 radical (unpaired) electrons. The highest BCUT2D eigenvalue weighted by Crippen LogP contribution is 2.17. The molecule has 0 N–H and O–H groups in total. The quantitative estimate of drug-likeness (QED) is 0.511. The number of halogens is 1. The molecule has 1 unspecified atom stereocenters. The van der Waals surface area contributed by atoms with E-state index in [4.69, 9.17) is 0 Å². The first-order valence-corrected chi connectivity index (χ1v) is 7.53. The van der Waals surface area contributed by atoms with Crippen molar-refractivity contribution in [1.82, 2.24) is 4.90 Å². The van der Waals surface area contributed by atoms with Crippen LogP contribution in [0.3, 0.4) is 0 Å². The molecule has 0 aliphatic carbocycles. The Balaban J connectivity index is 4.35. The third kappa shape index (κ3) is 7.03. The van der Waals surface area contributed by atoms with E-state index in [1.165, 1.54) is 19.3 Å². The third-order valence-corrected chi connectivity index (χ3v) is 3.59. The lowest BCUT2D eigenvalue weighted by Gasteiger charge is -2.32. The van der Waals surface area contributed by atoms with Gasteiger partial charge in [0.25, 0.3) is 0 Å². The second-order valence-corrected chi connectivity index (χ2v) is 5.15. The number of hydrogen-bond acceptors (Lipinski definition) is 1. The molecule has 0 aliphatic rings. The maximum absolute atomic E-state index is 13.1. The molecule has 0 aromatic rings. The monoisotopic (exact) mass is 245 g/mol. The van der Waals surface area contributed by atoms with Gasteiger partial charge in [-0.25, -0.2) is 4.39 Å². The molecule has 0 rings (SSSR count). The van der Waals surface area contributed by atoms with Crippen molar-refractivity contribution < 1.29 is 4.39 Å². The number of alkyl halides is 1.